The van der Waals surface area contributed by atoms with Crippen LogP contribution in [-0.4, -0.2) is 11.6 Å². The summed E-state index contributed by atoms with van der Waals surface area (Å²) in [6.07, 6.45) is 5.37. The van der Waals surface area contributed by atoms with Gasteiger partial charge in [0.15, 0.2) is 0 Å². The van der Waals surface area contributed by atoms with Gasteiger partial charge < -0.3 is 0 Å². The molecule has 3 aromatic rings. The van der Waals surface area contributed by atoms with Gasteiger partial charge in [0.25, 0.3) is 0 Å². The van der Waals surface area contributed by atoms with Crippen molar-refractivity contribution in [1.82, 2.24) is 0 Å². The van der Waals surface area contributed by atoms with Gasteiger partial charge in [-0.3, -0.25) is 9.59 Å². The van der Waals surface area contributed by atoms with Crippen LogP contribution in [0.1, 0.15) is 59.9 Å². The monoisotopic (exact) mass is 356 g/mol. The predicted octanol–water partition coefficient (Wildman–Crippen LogP) is 5.35. The van der Waals surface area contributed by atoms with Crippen LogP contribution in [-0.2, 0) is 0 Å². The van der Waals surface area contributed by atoms with Crippen LogP contribution >= 0.6 is 11.3 Å². The zero-order valence-corrected chi connectivity index (χ0v) is 14.8. The largest absolute Gasteiger partial charge is 0.288 e. The van der Waals surface area contributed by atoms with Gasteiger partial charge in [-0.05, 0) is 17.5 Å². The molecule has 2 atom stereocenters. The van der Waals surface area contributed by atoms with E-state index in [0.29, 0.717) is 11.1 Å². The van der Waals surface area contributed by atoms with E-state index in [1.807, 2.05) is 60.7 Å². The number of carbonyl (C=O) groups is 2. The van der Waals surface area contributed by atoms with Crippen LogP contribution in [0, 0.1) is 0 Å². The molecule has 1 heterocycles. The molecule has 2 bridgehead atoms. The maximum Gasteiger partial charge on any atom is 0.203 e. The average molecular weight is 356 g/mol. The van der Waals surface area contributed by atoms with Gasteiger partial charge in [0.05, 0.1) is 9.75 Å². The van der Waals surface area contributed by atoms with Gasteiger partial charge in [-0.2, -0.15) is 0 Å². The molecule has 1 aromatic heterocycles. The summed E-state index contributed by atoms with van der Waals surface area (Å²) in [7, 11) is 0. The molecule has 2 unspecified atom stereocenters. The summed E-state index contributed by atoms with van der Waals surface area (Å²) in [5, 5.41) is 0. The summed E-state index contributed by atoms with van der Waals surface area (Å²) in [6, 6.07) is 18.7. The Morgan fingerprint density at radius 1 is 0.692 bits per heavy atom. The molecule has 0 fully saturated rings. The van der Waals surface area contributed by atoms with E-state index in [9.17, 15) is 9.59 Å². The van der Waals surface area contributed by atoms with E-state index in [1.54, 1.807) is 0 Å². The van der Waals surface area contributed by atoms with Crippen molar-refractivity contribution in [2.24, 2.45) is 0 Å². The topological polar surface area (TPSA) is 34.1 Å². The van der Waals surface area contributed by atoms with Gasteiger partial charge in [0.1, 0.15) is 0 Å². The van der Waals surface area contributed by atoms with Crippen LogP contribution < -0.4 is 0 Å². The highest BCUT2D eigenvalue weighted by molar-refractivity contribution is 7.16. The second-order valence-corrected chi connectivity index (χ2v) is 7.83. The minimum atomic E-state index is 0.0277. The molecule has 0 saturated heterocycles. The number of hydrogen-bond donors (Lipinski definition) is 0. The maximum atomic E-state index is 13.1. The standard InChI is InChI=1S/C23H16O2S/c24-20(14-7-3-1-4-8-14)22-18-16-11-12-17(13-16)19(18)23(26-22)21(25)15-9-5-2-6-10-15/h1-12,16-17H,13H2. The number of thiophene rings is 1. The molecule has 2 nitrogen and oxygen atoms in total. The van der Waals surface area contributed by atoms with Crippen molar-refractivity contribution in [3.63, 3.8) is 0 Å². The number of benzene rings is 2. The van der Waals surface area contributed by atoms with Crippen molar-refractivity contribution in [2.45, 2.75) is 18.3 Å². The fraction of sp³-hybridized carbons (Fsp3) is 0.130. The second kappa shape index (κ2) is 5.89. The first-order valence-corrected chi connectivity index (χ1v) is 9.60. The summed E-state index contributed by atoms with van der Waals surface area (Å²) in [5.74, 6) is 0.595. The lowest BCUT2D eigenvalue weighted by atomic mass is 9.93. The van der Waals surface area contributed by atoms with Crippen LogP contribution in [0.4, 0.5) is 0 Å². The molecule has 0 saturated carbocycles. The summed E-state index contributed by atoms with van der Waals surface area (Å²) in [6.45, 7) is 0. The molecule has 0 N–H and O–H groups in total. The fourth-order valence-electron chi connectivity index (χ4n) is 4.10. The Bertz CT molecular complexity index is 963. The molecule has 0 aliphatic heterocycles. The number of ketones is 2. The van der Waals surface area contributed by atoms with E-state index >= 15 is 0 Å². The Morgan fingerprint density at radius 3 is 1.54 bits per heavy atom. The zero-order valence-electron chi connectivity index (χ0n) is 14.0. The number of hydrogen-bond acceptors (Lipinski definition) is 3. The SMILES string of the molecule is O=C(c1ccccc1)c1sc(C(=O)c2ccccc2)c2c1C1C=CC2C1. The lowest BCUT2D eigenvalue weighted by Gasteiger charge is -2.08. The average Bonchev–Trinajstić information content (AvgIpc) is 3.41. The first-order chi connectivity index (χ1) is 12.7. The lowest BCUT2D eigenvalue weighted by molar-refractivity contribution is 0.103. The minimum Gasteiger partial charge on any atom is -0.288 e. The Balaban J connectivity index is 1.66. The Morgan fingerprint density at radius 2 is 1.12 bits per heavy atom. The number of fused-ring (bicyclic) bond motifs is 5. The minimum absolute atomic E-state index is 0.0277. The van der Waals surface area contributed by atoms with Gasteiger partial charge >= 0.3 is 0 Å². The molecule has 126 valence electrons. The van der Waals surface area contributed by atoms with Crippen molar-refractivity contribution < 1.29 is 9.59 Å². The molecular formula is C23H16O2S. The van der Waals surface area contributed by atoms with Gasteiger partial charge in [0, 0.05) is 23.0 Å². The molecule has 3 heteroatoms. The molecule has 2 aromatic carbocycles. The predicted molar refractivity (Wildman–Crippen MR) is 103 cm³/mol. The summed E-state index contributed by atoms with van der Waals surface area (Å²) in [5.41, 5.74) is 3.55. The van der Waals surface area contributed by atoms with Crippen molar-refractivity contribution in [1.29, 1.82) is 0 Å². The Hall–Kier alpha value is -2.78. The highest BCUT2D eigenvalue weighted by Gasteiger charge is 2.41. The van der Waals surface area contributed by atoms with E-state index in [0.717, 1.165) is 27.3 Å². The van der Waals surface area contributed by atoms with Gasteiger partial charge in [-0.25, -0.2) is 0 Å². The molecule has 0 radical (unpaired) electrons. The van der Waals surface area contributed by atoms with Gasteiger partial charge in [0.2, 0.25) is 11.6 Å². The highest BCUT2D eigenvalue weighted by atomic mass is 32.1. The number of allylic oxidation sites excluding steroid dienone is 2. The third-order valence-electron chi connectivity index (χ3n) is 5.29. The summed E-state index contributed by atoms with van der Waals surface area (Å²) < 4.78 is 0. The quantitative estimate of drug-likeness (QED) is 0.466. The van der Waals surface area contributed by atoms with Crippen LogP contribution in [0.15, 0.2) is 72.8 Å². The van der Waals surface area contributed by atoms with Crippen LogP contribution in [0.5, 0.6) is 0 Å². The first-order valence-electron chi connectivity index (χ1n) is 8.78. The van der Waals surface area contributed by atoms with E-state index in [4.69, 9.17) is 0 Å². The molecule has 0 amide bonds. The molecular weight excluding hydrogens is 340 g/mol. The van der Waals surface area contributed by atoms with Crippen LogP contribution in [0.25, 0.3) is 0 Å². The summed E-state index contributed by atoms with van der Waals surface area (Å²) in [4.78, 5) is 27.7. The van der Waals surface area contributed by atoms with E-state index in [1.165, 1.54) is 11.3 Å². The Labute approximate surface area is 155 Å². The van der Waals surface area contributed by atoms with Crippen molar-refractivity contribution in [3.8, 4) is 0 Å². The lowest BCUT2D eigenvalue weighted by Crippen LogP contribution is -2.04. The maximum absolute atomic E-state index is 13.1. The smallest absolute Gasteiger partial charge is 0.203 e. The Kier molecular flexibility index (Phi) is 3.50. The fourth-order valence-corrected chi connectivity index (χ4v) is 5.47. The third-order valence-corrected chi connectivity index (χ3v) is 6.51. The van der Waals surface area contributed by atoms with Crippen LogP contribution in [0.3, 0.4) is 0 Å². The number of carbonyl (C=O) groups excluding carboxylic acids is 2. The molecule has 0 spiro atoms. The van der Waals surface area contributed by atoms with E-state index in [2.05, 4.69) is 12.2 Å². The van der Waals surface area contributed by atoms with Gasteiger partial charge in [-0.15, -0.1) is 11.3 Å². The normalized spacial score (nSPS) is 19.5. The first kappa shape index (κ1) is 15.5. The highest BCUT2D eigenvalue weighted by Crippen LogP contribution is 2.54. The van der Waals surface area contributed by atoms with Crippen LogP contribution in [0.2, 0.25) is 0 Å². The summed E-state index contributed by atoms with van der Waals surface area (Å²) >= 11 is 1.38. The van der Waals surface area contributed by atoms with Gasteiger partial charge in [-0.1, -0.05) is 72.8 Å². The van der Waals surface area contributed by atoms with E-state index in [-0.39, 0.29) is 23.4 Å². The third kappa shape index (κ3) is 2.24. The van der Waals surface area contributed by atoms with Crippen molar-refractivity contribution in [2.75, 3.05) is 0 Å². The number of rotatable bonds is 4. The van der Waals surface area contributed by atoms with E-state index < -0.39 is 0 Å². The molecule has 5 rings (SSSR count). The molecule has 2 aliphatic rings. The molecule has 2 aliphatic carbocycles. The molecule has 26 heavy (non-hydrogen) atoms. The second-order valence-electron chi connectivity index (χ2n) is 6.81. The zero-order chi connectivity index (χ0) is 17.7. The van der Waals surface area contributed by atoms with Crippen molar-refractivity contribution in [3.05, 3.63) is 105 Å². The van der Waals surface area contributed by atoms with Crippen molar-refractivity contribution >= 4 is 22.9 Å².